The smallest absolute Gasteiger partial charge is 0.124 e. The molecule has 0 aliphatic rings. The van der Waals surface area contributed by atoms with Gasteiger partial charge in [-0.3, -0.25) is 0 Å². The highest BCUT2D eigenvalue weighted by molar-refractivity contribution is 6.16. The largest absolute Gasteiger partial charge is 0.327 e. The fourth-order valence-corrected chi connectivity index (χ4v) is 2.03. The number of imidazole rings is 1. The fraction of sp³-hybridized carbons (Fsp3) is 0.333. The molecule has 1 aromatic heterocycles. The van der Waals surface area contributed by atoms with Gasteiger partial charge in [0.1, 0.15) is 5.82 Å². The average molecular weight is 234 g/mol. The van der Waals surface area contributed by atoms with Crippen LogP contribution in [0.3, 0.4) is 0 Å². The summed E-state index contributed by atoms with van der Waals surface area (Å²) in [7, 11) is 0. The van der Waals surface area contributed by atoms with Gasteiger partial charge in [-0.15, -0.1) is 11.6 Å². The highest BCUT2D eigenvalue weighted by Gasteiger charge is 2.09. The molecular formula is C12H12ClN3. The van der Waals surface area contributed by atoms with Crippen molar-refractivity contribution >= 4 is 22.6 Å². The number of rotatable bonds is 3. The first-order valence-electron chi connectivity index (χ1n) is 5.25. The van der Waals surface area contributed by atoms with E-state index in [0.29, 0.717) is 11.4 Å². The number of hydrogen-bond donors (Lipinski definition) is 0. The number of benzene rings is 1. The molecule has 0 aliphatic heterocycles. The molecule has 16 heavy (non-hydrogen) atoms. The zero-order valence-corrected chi connectivity index (χ0v) is 9.83. The molecule has 0 saturated carbocycles. The fourth-order valence-electron chi connectivity index (χ4n) is 1.82. The van der Waals surface area contributed by atoms with Crippen molar-refractivity contribution in [3.05, 3.63) is 29.6 Å². The van der Waals surface area contributed by atoms with Gasteiger partial charge in [0.25, 0.3) is 0 Å². The van der Waals surface area contributed by atoms with Crippen molar-refractivity contribution in [2.75, 3.05) is 0 Å². The summed E-state index contributed by atoms with van der Waals surface area (Å²) in [5, 5.41) is 8.82. The lowest BCUT2D eigenvalue weighted by Gasteiger charge is -2.04. The van der Waals surface area contributed by atoms with Crippen LogP contribution in [0.2, 0.25) is 0 Å². The van der Waals surface area contributed by atoms with Crippen molar-refractivity contribution in [1.29, 1.82) is 5.26 Å². The molecule has 0 bridgehead atoms. The van der Waals surface area contributed by atoms with Gasteiger partial charge >= 0.3 is 0 Å². The van der Waals surface area contributed by atoms with Gasteiger partial charge in [-0.25, -0.2) is 4.98 Å². The van der Waals surface area contributed by atoms with E-state index in [9.17, 15) is 0 Å². The number of nitrogens with zero attached hydrogens (tertiary/aromatic N) is 3. The average Bonchev–Trinajstić information content (AvgIpc) is 2.67. The minimum absolute atomic E-state index is 0.399. The van der Waals surface area contributed by atoms with Crippen LogP contribution in [0.4, 0.5) is 0 Å². The third-order valence-electron chi connectivity index (χ3n) is 2.52. The lowest BCUT2D eigenvalue weighted by atomic mass is 10.2. The number of hydrogen-bond acceptors (Lipinski definition) is 2. The number of halogens is 1. The highest BCUT2D eigenvalue weighted by Crippen LogP contribution is 2.19. The Morgan fingerprint density at radius 1 is 1.50 bits per heavy atom. The van der Waals surface area contributed by atoms with Crippen LogP contribution in [0.15, 0.2) is 18.2 Å². The Hall–Kier alpha value is -1.53. The van der Waals surface area contributed by atoms with Crippen molar-refractivity contribution < 1.29 is 0 Å². The topological polar surface area (TPSA) is 41.6 Å². The minimum Gasteiger partial charge on any atom is -0.327 e. The van der Waals surface area contributed by atoms with E-state index in [4.69, 9.17) is 16.9 Å². The number of alkyl halides is 1. The molecule has 82 valence electrons. The van der Waals surface area contributed by atoms with Gasteiger partial charge in [-0.1, -0.05) is 6.92 Å². The number of nitriles is 1. The van der Waals surface area contributed by atoms with Crippen LogP contribution >= 0.6 is 11.6 Å². The molecule has 0 N–H and O–H groups in total. The normalized spacial score (nSPS) is 10.6. The standard InChI is InChI=1S/C12H12ClN3/c1-2-5-16-11-4-3-9(8-14)6-10(11)15-12(16)7-13/h3-4,6H,2,5,7H2,1H3. The third kappa shape index (κ3) is 1.77. The SMILES string of the molecule is CCCn1c(CCl)nc2cc(C#N)ccc21. The van der Waals surface area contributed by atoms with Crippen LogP contribution in [0, 0.1) is 11.3 Å². The van der Waals surface area contributed by atoms with Crippen LogP contribution in [-0.2, 0) is 12.4 Å². The molecule has 0 saturated heterocycles. The monoisotopic (exact) mass is 233 g/mol. The van der Waals surface area contributed by atoms with Crippen LogP contribution in [-0.4, -0.2) is 9.55 Å². The molecule has 0 unspecified atom stereocenters. The van der Waals surface area contributed by atoms with Crippen LogP contribution in [0.5, 0.6) is 0 Å². The molecule has 0 radical (unpaired) electrons. The minimum atomic E-state index is 0.399. The van der Waals surface area contributed by atoms with E-state index in [1.807, 2.05) is 12.1 Å². The predicted octanol–water partition coefficient (Wildman–Crippen LogP) is 3.06. The second-order valence-electron chi connectivity index (χ2n) is 3.63. The Morgan fingerprint density at radius 2 is 2.31 bits per heavy atom. The molecule has 4 heteroatoms. The van der Waals surface area contributed by atoms with Crippen molar-refractivity contribution in [3.63, 3.8) is 0 Å². The van der Waals surface area contributed by atoms with E-state index in [2.05, 4.69) is 22.5 Å². The second-order valence-corrected chi connectivity index (χ2v) is 3.90. The van der Waals surface area contributed by atoms with E-state index in [0.717, 1.165) is 29.8 Å². The Balaban J connectivity index is 2.63. The van der Waals surface area contributed by atoms with E-state index < -0.39 is 0 Å². The van der Waals surface area contributed by atoms with Gasteiger partial charge < -0.3 is 4.57 Å². The first kappa shape index (κ1) is 11.0. The van der Waals surface area contributed by atoms with Crippen molar-refractivity contribution in [2.45, 2.75) is 25.8 Å². The number of aryl methyl sites for hydroxylation is 1. The predicted molar refractivity (Wildman–Crippen MR) is 64.3 cm³/mol. The van der Waals surface area contributed by atoms with Gasteiger partial charge in [0.2, 0.25) is 0 Å². The highest BCUT2D eigenvalue weighted by atomic mass is 35.5. The van der Waals surface area contributed by atoms with E-state index in [1.165, 1.54) is 0 Å². The summed E-state index contributed by atoms with van der Waals surface area (Å²) >= 11 is 5.86. The van der Waals surface area contributed by atoms with Gasteiger partial charge in [-0.05, 0) is 24.6 Å². The Bertz CT molecular complexity index is 551. The van der Waals surface area contributed by atoms with Crippen LogP contribution < -0.4 is 0 Å². The first-order chi connectivity index (χ1) is 7.80. The zero-order chi connectivity index (χ0) is 11.5. The quantitative estimate of drug-likeness (QED) is 0.765. The maximum Gasteiger partial charge on any atom is 0.124 e. The van der Waals surface area contributed by atoms with Crippen molar-refractivity contribution in [2.24, 2.45) is 0 Å². The summed E-state index contributed by atoms with van der Waals surface area (Å²) < 4.78 is 2.11. The van der Waals surface area contributed by atoms with E-state index in [-0.39, 0.29) is 0 Å². The number of fused-ring (bicyclic) bond motifs is 1. The van der Waals surface area contributed by atoms with Crippen LogP contribution in [0.1, 0.15) is 24.7 Å². The molecule has 3 nitrogen and oxygen atoms in total. The second kappa shape index (κ2) is 4.54. The molecule has 2 aromatic rings. The Labute approximate surface area is 99.3 Å². The molecule has 1 aromatic carbocycles. The summed E-state index contributed by atoms with van der Waals surface area (Å²) in [4.78, 5) is 4.44. The molecule has 0 fully saturated rings. The molecule has 2 rings (SSSR count). The summed E-state index contributed by atoms with van der Waals surface area (Å²) in [6.45, 7) is 3.03. The van der Waals surface area contributed by atoms with E-state index >= 15 is 0 Å². The third-order valence-corrected chi connectivity index (χ3v) is 2.76. The zero-order valence-electron chi connectivity index (χ0n) is 9.07. The van der Waals surface area contributed by atoms with E-state index in [1.54, 1.807) is 6.07 Å². The number of aromatic nitrogens is 2. The molecule has 0 spiro atoms. The summed E-state index contributed by atoms with van der Waals surface area (Å²) in [6.07, 6.45) is 1.04. The van der Waals surface area contributed by atoms with Crippen LogP contribution in [0.25, 0.3) is 11.0 Å². The van der Waals surface area contributed by atoms with Gasteiger partial charge in [0, 0.05) is 6.54 Å². The maximum absolute atomic E-state index is 8.82. The Morgan fingerprint density at radius 3 is 2.94 bits per heavy atom. The molecular weight excluding hydrogens is 222 g/mol. The summed E-state index contributed by atoms with van der Waals surface area (Å²) in [5.41, 5.74) is 2.54. The summed E-state index contributed by atoms with van der Waals surface area (Å²) in [6, 6.07) is 7.67. The first-order valence-corrected chi connectivity index (χ1v) is 5.78. The maximum atomic E-state index is 8.82. The van der Waals surface area contributed by atoms with Gasteiger partial charge in [0.05, 0.1) is 28.5 Å². The van der Waals surface area contributed by atoms with Crippen molar-refractivity contribution in [1.82, 2.24) is 9.55 Å². The molecule has 0 amide bonds. The van der Waals surface area contributed by atoms with Crippen molar-refractivity contribution in [3.8, 4) is 6.07 Å². The summed E-state index contributed by atoms with van der Waals surface area (Å²) in [5.74, 6) is 1.27. The molecule has 0 aliphatic carbocycles. The van der Waals surface area contributed by atoms with Gasteiger partial charge in [0.15, 0.2) is 0 Å². The molecule has 1 heterocycles. The lowest BCUT2D eigenvalue weighted by Crippen LogP contribution is -2.01. The van der Waals surface area contributed by atoms with Gasteiger partial charge in [-0.2, -0.15) is 5.26 Å². The lowest BCUT2D eigenvalue weighted by molar-refractivity contribution is 0.672. The molecule has 0 atom stereocenters. The Kier molecular flexibility index (Phi) is 3.12.